The number of aryl methyl sites for hydroxylation is 1. The van der Waals surface area contributed by atoms with Crippen molar-refractivity contribution in [3.8, 4) is 0 Å². The van der Waals surface area contributed by atoms with E-state index in [1.165, 1.54) is 11.3 Å². The standard InChI is InChI=1S/C13H17BrN2O3S/c1-9-8-10(20-12(9)14)13(19)16-6-4-15(5-7-16)3-2-11(17)18/h8H,2-7H2,1H3,(H,17,18). The lowest BCUT2D eigenvalue weighted by Crippen LogP contribution is -2.48. The summed E-state index contributed by atoms with van der Waals surface area (Å²) in [6.07, 6.45) is 0.158. The molecule has 0 aromatic carbocycles. The lowest BCUT2D eigenvalue weighted by molar-refractivity contribution is -0.137. The molecule has 0 spiro atoms. The zero-order valence-electron chi connectivity index (χ0n) is 11.3. The van der Waals surface area contributed by atoms with Gasteiger partial charge in [-0.05, 0) is 34.5 Å². The molecule has 1 amide bonds. The summed E-state index contributed by atoms with van der Waals surface area (Å²) in [7, 11) is 0. The molecule has 2 heterocycles. The Morgan fingerprint density at radius 1 is 1.35 bits per heavy atom. The fourth-order valence-corrected chi connectivity index (χ4v) is 3.65. The third-order valence-corrected chi connectivity index (χ3v) is 5.49. The fraction of sp³-hybridized carbons (Fsp3) is 0.538. The average molecular weight is 361 g/mol. The Morgan fingerprint density at radius 2 is 2.00 bits per heavy atom. The van der Waals surface area contributed by atoms with Crippen LogP contribution < -0.4 is 0 Å². The molecule has 1 aliphatic rings. The van der Waals surface area contributed by atoms with Crippen molar-refractivity contribution in [3.63, 3.8) is 0 Å². The zero-order chi connectivity index (χ0) is 14.7. The minimum Gasteiger partial charge on any atom is -0.481 e. The highest BCUT2D eigenvalue weighted by Crippen LogP contribution is 2.28. The number of piperazine rings is 1. The number of carboxylic acids is 1. The lowest BCUT2D eigenvalue weighted by Gasteiger charge is -2.34. The topological polar surface area (TPSA) is 60.9 Å². The molecular weight excluding hydrogens is 344 g/mol. The molecule has 5 nitrogen and oxygen atoms in total. The number of amides is 1. The number of nitrogens with zero attached hydrogens (tertiary/aromatic N) is 2. The summed E-state index contributed by atoms with van der Waals surface area (Å²) in [5, 5.41) is 8.67. The van der Waals surface area contributed by atoms with Gasteiger partial charge in [-0.1, -0.05) is 0 Å². The molecule has 1 N–H and O–H groups in total. The van der Waals surface area contributed by atoms with Crippen molar-refractivity contribution in [1.29, 1.82) is 0 Å². The summed E-state index contributed by atoms with van der Waals surface area (Å²) < 4.78 is 1.00. The molecule has 1 aliphatic heterocycles. The van der Waals surface area contributed by atoms with E-state index in [1.54, 1.807) is 0 Å². The van der Waals surface area contributed by atoms with Crippen molar-refractivity contribution in [3.05, 3.63) is 20.3 Å². The molecule has 110 valence electrons. The van der Waals surface area contributed by atoms with Crippen LogP contribution in [-0.4, -0.2) is 59.5 Å². The number of thiophene rings is 1. The maximum absolute atomic E-state index is 12.3. The molecule has 1 saturated heterocycles. The monoisotopic (exact) mass is 360 g/mol. The van der Waals surface area contributed by atoms with Gasteiger partial charge in [-0.25, -0.2) is 0 Å². The Bertz CT molecular complexity index is 490. The van der Waals surface area contributed by atoms with Crippen molar-refractivity contribution >= 4 is 39.1 Å². The molecule has 1 fully saturated rings. The SMILES string of the molecule is Cc1cc(C(=O)N2CCN(CCC(=O)O)CC2)sc1Br. The largest absolute Gasteiger partial charge is 0.481 e. The molecule has 0 unspecified atom stereocenters. The summed E-state index contributed by atoms with van der Waals surface area (Å²) in [4.78, 5) is 27.6. The molecule has 0 radical (unpaired) electrons. The minimum atomic E-state index is -0.776. The van der Waals surface area contributed by atoms with E-state index in [0.29, 0.717) is 19.6 Å². The van der Waals surface area contributed by atoms with Gasteiger partial charge in [0.15, 0.2) is 0 Å². The highest BCUT2D eigenvalue weighted by atomic mass is 79.9. The summed E-state index contributed by atoms with van der Waals surface area (Å²) in [5.74, 6) is -0.705. The number of hydrogen-bond donors (Lipinski definition) is 1. The van der Waals surface area contributed by atoms with Crippen molar-refractivity contribution in [2.75, 3.05) is 32.7 Å². The van der Waals surface area contributed by atoms with E-state index < -0.39 is 5.97 Å². The Hall–Kier alpha value is -0.920. The molecule has 1 aromatic heterocycles. The maximum Gasteiger partial charge on any atom is 0.304 e. The summed E-state index contributed by atoms with van der Waals surface area (Å²) >= 11 is 4.90. The van der Waals surface area contributed by atoms with Crippen LogP contribution in [0.25, 0.3) is 0 Å². The van der Waals surface area contributed by atoms with Crippen molar-refractivity contribution < 1.29 is 14.7 Å². The Labute approximate surface area is 130 Å². The molecule has 1 aromatic rings. The van der Waals surface area contributed by atoms with Crippen molar-refractivity contribution in [2.45, 2.75) is 13.3 Å². The molecule has 0 aliphatic carbocycles. The fourth-order valence-electron chi connectivity index (χ4n) is 2.15. The van der Waals surface area contributed by atoms with E-state index in [0.717, 1.165) is 27.3 Å². The predicted molar refractivity (Wildman–Crippen MR) is 81.4 cm³/mol. The van der Waals surface area contributed by atoms with Gasteiger partial charge >= 0.3 is 5.97 Å². The predicted octanol–water partition coefficient (Wildman–Crippen LogP) is 2.05. The normalized spacial score (nSPS) is 16.4. The van der Waals surface area contributed by atoms with E-state index >= 15 is 0 Å². The summed E-state index contributed by atoms with van der Waals surface area (Å²) in [6.45, 7) is 5.33. The van der Waals surface area contributed by atoms with Gasteiger partial charge in [0.05, 0.1) is 15.1 Å². The number of carboxylic acid groups (broad SMARTS) is 1. The molecule has 7 heteroatoms. The quantitative estimate of drug-likeness (QED) is 0.892. The van der Waals surface area contributed by atoms with Crippen LogP contribution >= 0.6 is 27.3 Å². The first kappa shape index (κ1) is 15.5. The van der Waals surface area contributed by atoms with Gasteiger partial charge in [0.2, 0.25) is 0 Å². The van der Waals surface area contributed by atoms with E-state index in [9.17, 15) is 9.59 Å². The van der Waals surface area contributed by atoms with Crippen LogP contribution in [0.4, 0.5) is 0 Å². The maximum atomic E-state index is 12.3. The van der Waals surface area contributed by atoms with E-state index in [-0.39, 0.29) is 12.3 Å². The first-order valence-electron chi connectivity index (χ1n) is 6.46. The smallest absolute Gasteiger partial charge is 0.304 e. The molecule has 0 bridgehead atoms. The van der Waals surface area contributed by atoms with E-state index in [1.807, 2.05) is 17.9 Å². The van der Waals surface area contributed by atoms with Crippen LogP contribution in [0.5, 0.6) is 0 Å². The summed E-state index contributed by atoms with van der Waals surface area (Å²) in [6, 6.07) is 1.91. The van der Waals surface area contributed by atoms with Crippen LogP contribution in [0.3, 0.4) is 0 Å². The number of hydrogen-bond acceptors (Lipinski definition) is 4. The minimum absolute atomic E-state index is 0.0710. The van der Waals surface area contributed by atoms with Crippen LogP contribution in [0, 0.1) is 6.92 Å². The second-order valence-corrected chi connectivity index (χ2v) is 7.22. The van der Waals surface area contributed by atoms with Gasteiger partial charge in [0.1, 0.15) is 0 Å². The van der Waals surface area contributed by atoms with Gasteiger partial charge in [0.25, 0.3) is 5.91 Å². The van der Waals surface area contributed by atoms with Gasteiger partial charge in [0, 0.05) is 32.7 Å². The third kappa shape index (κ3) is 3.80. The highest BCUT2D eigenvalue weighted by Gasteiger charge is 2.23. The zero-order valence-corrected chi connectivity index (χ0v) is 13.7. The molecule has 20 heavy (non-hydrogen) atoms. The van der Waals surface area contributed by atoms with Gasteiger partial charge in [-0.15, -0.1) is 11.3 Å². The second-order valence-electron chi connectivity index (χ2n) is 4.84. The molecule has 0 atom stereocenters. The average Bonchev–Trinajstić information content (AvgIpc) is 2.76. The number of rotatable bonds is 4. The van der Waals surface area contributed by atoms with Gasteiger partial charge in [-0.3, -0.25) is 14.5 Å². The van der Waals surface area contributed by atoms with Crippen molar-refractivity contribution in [2.24, 2.45) is 0 Å². The van der Waals surface area contributed by atoms with Crippen molar-refractivity contribution in [1.82, 2.24) is 9.80 Å². The third-order valence-electron chi connectivity index (χ3n) is 3.37. The van der Waals surface area contributed by atoms with Crippen LogP contribution in [0.1, 0.15) is 21.7 Å². The number of carbonyl (C=O) groups is 2. The Balaban J connectivity index is 1.87. The van der Waals surface area contributed by atoms with Gasteiger partial charge in [-0.2, -0.15) is 0 Å². The van der Waals surface area contributed by atoms with Crippen LogP contribution in [0.2, 0.25) is 0 Å². The van der Waals surface area contributed by atoms with E-state index in [2.05, 4.69) is 20.8 Å². The van der Waals surface area contributed by atoms with Crippen LogP contribution in [0.15, 0.2) is 9.85 Å². The number of carbonyl (C=O) groups excluding carboxylic acids is 1. The molecule has 2 rings (SSSR count). The Kier molecular flexibility index (Phi) is 5.17. The Morgan fingerprint density at radius 3 is 2.50 bits per heavy atom. The highest BCUT2D eigenvalue weighted by molar-refractivity contribution is 9.11. The molecule has 0 saturated carbocycles. The van der Waals surface area contributed by atoms with E-state index in [4.69, 9.17) is 5.11 Å². The summed E-state index contributed by atoms with van der Waals surface area (Å²) in [5.41, 5.74) is 1.08. The lowest BCUT2D eigenvalue weighted by atomic mass is 10.2. The van der Waals surface area contributed by atoms with Crippen LogP contribution in [-0.2, 0) is 4.79 Å². The first-order chi connectivity index (χ1) is 9.47. The number of aliphatic carboxylic acids is 1. The number of halogens is 1. The first-order valence-corrected chi connectivity index (χ1v) is 8.07. The van der Waals surface area contributed by atoms with Gasteiger partial charge < -0.3 is 10.0 Å². The second kappa shape index (κ2) is 6.69. The molecular formula is C13H17BrN2O3S.